The third-order valence-corrected chi connectivity index (χ3v) is 2.23. The van der Waals surface area contributed by atoms with Crippen LogP contribution in [0.25, 0.3) is 0 Å². The fourth-order valence-corrected chi connectivity index (χ4v) is 1.43. The van der Waals surface area contributed by atoms with Crippen LogP contribution in [0.4, 0.5) is 30.7 Å². The van der Waals surface area contributed by atoms with E-state index >= 15 is 0 Å². The molecular formula is C11H7F7O2. The molecule has 0 heterocycles. The van der Waals surface area contributed by atoms with E-state index in [1.807, 2.05) is 0 Å². The molecule has 112 valence electrons. The minimum absolute atomic E-state index is 0.00183. The number of rotatable bonds is 2. The molecule has 0 spiro atoms. The molecule has 0 N–H and O–H groups in total. The average Bonchev–Trinajstić information content (AvgIpc) is 2.25. The zero-order valence-corrected chi connectivity index (χ0v) is 9.82. The quantitative estimate of drug-likeness (QED) is 0.609. The van der Waals surface area contributed by atoms with Crippen LogP contribution >= 0.6 is 0 Å². The third-order valence-electron chi connectivity index (χ3n) is 2.23. The number of halogens is 7. The average molecular weight is 304 g/mol. The lowest BCUT2D eigenvalue weighted by Gasteiger charge is -2.16. The number of benzene rings is 1. The monoisotopic (exact) mass is 304 g/mol. The van der Waals surface area contributed by atoms with Crippen molar-refractivity contribution in [2.45, 2.75) is 19.3 Å². The van der Waals surface area contributed by atoms with E-state index < -0.39 is 47.4 Å². The summed E-state index contributed by atoms with van der Waals surface area (Å²) >= 11 is 0. The number of carbonyl (C=O) groups is 1. The van der Waals surface area contributed by atoms with Gasteiger partial charge in [0.15, 0.2) is 5.82 Å². The Morgan fingerprint density at radius 2 is 1.50 bits per heavy atom. The fourth-order valence-electron chi connectivity index (χ4n) is 1.43. The molecule has 0 aliphatic carbocycles. The van der Waals surface area contributed by atoms with Crippen LogP contribution in [0.3, 0.4) is 0 Å². The van der Waals surface area contributed by atoms with E-state index in [1.54, 1.807) is 0 Å². The van der Waals surface area contributed by atoms with Gasteiger partial charge in [-0.05, 0) is 19.1 Å². The molecule has 2 nitrogen and oxygen atoms in total. The molecule has 9 heteroatoms. The molecule has 1 aromatic carbocycles. The van der Waals surface area contributed by atoms with E-state index in [1.165, 1.54) is 6.92 Å². The van der Waals surface area contributed by atoms with Crippen molar-refractivity contribution in [1.29, 1.82) is 0 Å². The SMILES string of the molecule is CCOC(=O)c1c(C(F)(F)F)ccc(C(F)(F)F)c1F. The minimum atomic E-state index is -5.23. The van der Waals surface area contributed by atoms with Gasteiger partial charge in [-0.2, -0.15) is 26.3 Å². The van der Waals surface area contributed by atoms with Crippen LogP contribution in [0, 0.1) is 5.82 Å². The van der Waals surface area contributed by atoms with Gasteiger partial charge < -0.3 is 4.74 Å². The number of alkyl halides is 6. The summed E-state index contributed by atoms with van der Waals surface area (Å²) in [6.45, 7) is 0.808. The van der Waals surface area contributed by atoms with Gasteiger partial charge in [-0.1, -0.05) is 0 Å². The van der Waals surface area contributed by atoms with Crippen molar-refractivity contribution in [3.05, 3.63) is 34.6 Å². The van der Waals surface area contributed by atoms with Gasteiger partial charge in [0, 0.05) is 0 Å². The van der Waals surface area contributed by atoms with Gasteiger partial charge in [0.1, 0.15) is 5.56 Å². The number of hydrogen-bond donors (Lipinski definition) is 0. The van der Waals surface area contributed by atoms with Gasteiger partial charge in [0.05, 0.1) is 17.7 Å². The van der Waals surface area contributed by atoms with Crippen molar-refractivity contribution >= 4 is 5.97 Å². The molecule has 0 atom stereocenters. The highest BCUT2D eigenvalue weighted by Crippen LogP contribution is 2.39. The maximum atomic E-state index is 13.6. The van der Waals surface area contributed by atoms with Crippen LogP contribution in [0.15, 0.2) is 12.1 Å². The summed E-state index contributed by atoms with van der Waals surface area (Å²) < 4.78 is 92.9. The summed E-state index contributed by atoms with van der Waals surface area (Å²) in [5.41, 5.74) is -5.55. The first-order valence-electron chi connectivity index (χ1n) is 5.14. The molecule has 0 unspecified atom stereocenters. The molecule has 0 bridgehead atoms. The maximum absolute atomic E-state index is 13.6. The highest BCUT2D eigenvalue weighted by molar-refractivity contribution is 5.92. The lowest BCUT2D eigenvalue weighted by molar-refractivity contribution is -0.143. The molecule has 0 fully saturated rings. The second kappa shape index (κ2) is 5.29. The van der Waals surface area contributed by atoms with Crippen molar-refractivity contribution in [3.63, 3.8) is 0 Å². The van der Waals surface area contributed by atoms with E-state index in [4.69, 9.17) is 0 Å². The molecule has 0 saturated carbocycles. The van der Waals surface area contributed by atoms with Crippen molar-refractivity contribution in [1.82, 2.24) is 0 Å². The minimum Gasteiger partial charge on any atom is -0.462 e. The zero-order valence-electron chi connectivity index (χ0n) is 9.82. The first-order valence-corrected chi connectivity index (χ1v) is 5.14. The standard InChI is InChI=1S/C11H7F7O2/c1-2-20-9(19)7-5(10(13,14)15)3-4-6(8(7)12)11(16,17)18/h3-4H,2H2,1H3. The Labute approximate surface area is 108 Å². The molecule has 0 aliphatic rings. The van der Waals surface area contributed by atoms with Crippen LogP contribution in [-0.4, -0.2) is 12.6 Å². The van der Waals surface area contributed by atoms with Crippen molar-refractivity contribution in [2.75, 3.05) is 6.61 Å². The van der Waals surface area contributed by atoms with Gasteiger partial charge >= 0.3 is 18.3 Å². The van der Waals surface area contributed by atoms with Crippen molar-refractivity contribution < 1.29 is 40.3 Å². The van der Waals surface area contributed by atoms with Crippen LogP contribution < -0.4 is 0 Å². The number of esters is 1. The Morgan fingerprint density at radius 3 is 1.90 bits per heavy atom. The molecule has 0 aliphatic heterocycles. The van der Waals surface area contributed by atoms with Crippen LogP contribution in [-0.2, 0) is 17.1 Å². The normalized spacial score (nSPS) is 12.4. The largest absolute Gasteiger partial charge is 0.462 e. The highest BCUT2D eigenvalue weighted by Gasteiger charge is 2.42. The van der Waals surface area contributed by atoms with E-state index in [-0.39, 0.29) is 12.1 Å². The smallest absolute Gasteiger partial charge is 0.419 e. The molecule has 1 rings (SSSR count). The molecule has 0 saturated heterocycles. The summed E-state index contributed by atoms with van der Waals surface area (Å²) in [5.74, 6) is -4.10. The van der Waals surface area contributed by atoms with Gasteiger partial charge in [-0.3, -0.25) is 0 Å². The van der Waals surface area contributed by atoms with Crippen LogP contribution in [0.1, 0.15) is 28.4 Å². The molecule has 0 radical (unpaired) electrons. The van der Waals surface area contributed by atoms with Crippen molar-refractivity contribution in [3.8, 4) is 0 Å². The maximum Gasteiger partial charge on any atom is 0.419 e. The fraction of sp³-hybridized carbons (Fsp3) is 0.364. The summed E-state index contributed by atoms with van der Waals surface area (Å²) in [7, 11) is 0. The molecular weight excluding hydrogens is 297 g/mol. The Morgan fingerprint density at radius 1 is 1.05 bits per heavy atom. The second-order valence-electron chi connectivity index (χ2n) is 3.57. The van der Waals surface area contributed by atoms with E-state index in [9.17, 15) is 35.5 Å². The third kappa shape index (κ3) is 3.20. The van der Waals surface area contributed by atoms with E-state index in [0.717, 1.165) is 0 Å². The van der Waals surface area contributed by atoms with E-state index in [2.05, 4.69) is 4.74 Å². The van der Waals surface area contributed by atoms with Gasteiger partial charge in [-0.25, -0.2) is 9.18 Å². The Kier molecular flexibility index (Phi) is 4.30. The van der Waals surface area contributed by atoms with Gasteiger partial charge in [-0.15, -0.1) is 0 Å². The summed E-state index contributed by atoms with van der Waals surface area (Å²) in [4.78, 5) is 11.3. The number of ether oxygens (including phenoxy) is 1. The Hall–Kier alpha value is -1.80. The van der Waals surface area contributed by atoms with Crippen LogP contribution in [0.5, 0.6) is 0 Å². The molecule has 0 amide bonds. The lowest BCUT2D eigenvalue weighted by Crippen LogP contribution is -2.20. The highest BCUT2D eigenvalue weighted by atomic mass is 19.4. The number of carbonyl (C=O) groups excluding carboxylic acids is 1. The predicted molar refractivity (Wildman–Crippen MR) is 52.4 cm³/mol. The lowest BCUT2D eigenvalue weighted by atomic mass is 10.0. The first kappa shape index (κ1) is 16.3. The Balaban J connectivity index is 3.59. The van der Waals surface area contributed by atoms with E-state index in [0.29, 0.717) is 0 Å². The zero-order chi connectivity index (χ0) is 15.7. The molecule has 20 heavy (non-hydrogen) atoms. The van der Waals surface area contributed by atoms with Crippen LogP contribution in [0.2, 0.25) is 0 Å². The second-order valence-corrected chi connectivity index (χ2v) is 3.57. The van der Waals surface area contributed by atoms with Crippen molar-refractivity contribution in [2.24, 2.45) is 0 Å². The van der Waals surface area contributed by atoms with Gasteiger partial charge in [0.25, 0.3) is 0 Å². The molecule has 1 aromatic rings. The number of hydrogen-bond acceptors (Lipinski definition) is 2. The summed E-state index contributed by atoms with van der Waals surface area (Å²) in [5, 5.41) is 0. The predicted octanol–water partition coefficient (Wildman–Crippen LogP) is 4.04. The topological polar surface area (TPSA) is 26.3 Å². The first-order chi connectivity index (χ1) is 9.00. The summed E-state index contributed by atoms with van der Waals surface area (Å²) in [6.07, 6.45) is -10.4. The van der Waals surface area contributed by atoms with Gasteiger partial charge in [0.2, 0.25) is 0 Å². The Bertz CT molecular complexity index is 517. The summed E-state index contributed by atoms with van der Waals surface area (Å²) in [6, 6.07) is -0.0704. The molecule has 0 aromatic heterocycles.